The molecule has 2 heteroatoms. The maximum Gasteiger partial charge on any atom is 0.00966 e. The first kappa shape index (κ1) is 14.0. The van der Waals surface area contributed by atoms with Crippen LogP contribution in [0.5, 0.6) is 0 Å². The SMILES string of the molecule is CCC(CC)C(C)NC1CCN(C)C(C)C1. The third kappa shape index (κ3) is 3.74. The van der Waals surface area contributed by atoms with Crippen LogP contribution in [0.3, 0.4) is 0 Å². The van der Waals surface area contributed by atoms with Crippen molar-refractivity contribution in [1.82, 2.24) is 10.2 Å². The van der Waals surface area contributed by atoms with E-state index in [1.807, 2.05) is 0 Å². The Balaban J connectivity index is 2.36. The highest BCUT2D eigenvalue weighted by atomic mass is 15.1. The molecule has 1 aliphatic heterocycles. The van der Waals surface area contributed by atoms with Gasteiger partial charge in [0.05, 0.1) is 0 Å². The minimum Gasteiger partial charge on any atom is -0.311 e. The van der Waals surface area contributed by atoms with E-state index in [-0.39, 0.29) is 0 Å². The van der Waals surface area contributed by atoms with Crippen LogP contribution in [0.15, 0.2) is 0 Å². The highest BCUT2D eigenvalue weighted by Gasteiger charge is 2.25. The quantitative estimate of drug-likeness (QED) is 0.775. The molecule has 3 unspecified atom stereocenters. The summed E-state index contributed by atoms with van der Waals surface area (Å²) in [5, 5.41) is 3.85. The zero-order chi connectivity index (χ0) is 12.1. The lowest BCUT2D eigenvalue weighted by Crippen LogP contribution is -2.49. The molecule has 0 aromatic carbocycles. The van der Waals surface area contributed by atoms with Gasteiger partial charge >= 0.3 is 0 Å². The average molecular weight is 226 g/mol. The minimum absolute atomic E-state index is 0.676. The second-order valence-electron chi connectivity index (χ2n) is 5.58. The van der Waals surface area contributed by atoms with Crippen LogP contribution in [-0.4, -0.2) is 36.6 Å². The zero-order valence-electron chi connectivity index (χ0n) is 11.8. The zero-order valence-corrected chi connectivity index (χ0v) is 11.8. The van der Waals surface area contributed by atoms with Gasteiger partial charge in [-0.2, -0.15) is 0 Å². The van der Waals surface area contributed by atoms with Crippen molar-refractivity contribution >= 4 is 0 Å². The molecule has 1 fully saturated rings. The Kier molecular flexibility index (Phi) is 5.77. The Bertz CT molecular complexity index is 189. The molecular formula is C14H30N2. The fraction of sp³-hybridized carbons (Fsp3) is 1.00. The summed E-state index contributed by atoms with van der Waals surface area (Å²) in [4.78, 5) is 2.47. The number of nitrogens with zero attached hydrogens (tertiary/aromatic N) is 1. The van der Waals surface area contributed by atoms with E-state index in [4.69, 9.17) is 0 Å². The Hall–Kier alpha value is -0.0800. The van der Waals surface area contributed by atoms with Gasteiger partial charge in [-0.05, 0) is 46.2 Å². The predicted octanol–water partition coefficient (Wildman–Crippen LogP) is 2.88. The van der Waals surface area contributed by atoms with Gasteiger partial charge < -0.3 is 10.2 Å². The monoisotopic (exact) mass is 226 g/mol. The standard InChI is InChI=1S/C14H30N2/c1-6-13(7-2)12(4)15-14-8-9-16(5)11(3)10-14/h11-15H,6-10H2,1-5H3. The van der Waals surface area contributed by atoms with Gasteiger partial charge in [0.2, 0.25) is 0 Å². The molecular weight excluding hydrogens is 196 g/mol. The van der Waals surface area contributed by atoms with Gasteiger partial charge in [-0.15, -0.1) is 0 Å². The van der Waals surface area contributed by atoms with Crippen LogP contribution in [-0.2, 0) is 0 Å². The van der Waals surface area contributed by atoms with Crippen molar-refractivity contribution in [2.24, 2.45) is 5.92 Å². The number of hydrogen-bond acceptors (Lipinski definition) is 2. The molecule has 0 aromatic rings. The van der Waals surface area contributed by atoms with Gasteiger partial charge in [-0.1, -0.05) is 26.7 Å². The number of piperidine rings is 1. The summed E-state index contributed by atoms with van der Waals surface area (Å²) in [5.74, 6) is 0.843. The fourth-order valence-electron chi connectivity index (χ4n) is 2.94. The molecule has 1 saturated heterocycles. The molecule has 0 radical (unpaired) electrons. The van der Waals surface area contributed by atoms with E-state index in [9.17, 15) is 0 Å². The minimum atomic E-state index is 0.676. The van der Waals surface area contributed by atoms with Gasteiger partial charge in [0.15, 0.2) is 0 Å². The second kappa shape index (κ2) is 6.61. The van der Waals surface area contributed by atoms with Crippen molar-refractivity contribution < 1.29 is 0 Å². The Morgan fingerprint density at radius 3 is 2.44 bits per heavy atom. The van der Waals surface area contributed by atoms with Crippen molar-refractivity contribution in [2.75, 3.05) is 13.6 Å². The van der Waals surface area contributed by atoms with E-state index in [0.717, 1.165) is 18.0 Å². The van der Waals surface area contributed by atoms with Crippen molar-refractivity contribution in [3.63, 3.8) is 0 Å². The lowest BCUT2D eigenvalue weighted by atomic mass is 9.92. The van der Waals surface area contributed by atoms with Crippen molar-refractivity contribution in [2.45, 2.75) is 71.5 Å². The molecule has 0 saturated carbocycles. The first-order chi connectivity index (χ1) is 7.58. The summed E-state index contributed by atoms with van der Waals surface area (Å²) in [7, 11) is 2.24. The van der Waals surface area contributed by atoms with E-state index in [1.54, 1.807) is 0 Å². The van der Waals surface area contributed by atoms with Crippen LogP contribution in [0.2, 0.25) is 0 Å². The molecule has 0 amide bonds. The molecule has 1 heterocycles. The molecule has 0 aliphatic carbocycles. The first-order valence-electron chi connectivity index (χ1n) is 7.04. The summed E-state index contributed by atoms with van der Waals surface area (Å²) in [6.07, 6.45) is 5.21. The number of rotatable bonds is 5. The molecule has 16 heavy (non-hydrogen) atoms. The van der Waals surface area contributed by atoms with E-state index < -0.39 is 0 Å². The first-order valence-corrected chi connectivity index (χ1v) is 7.04. The Labute approximate surface area is 102 Å². The van der Waals surface area contributed by atoms with Crippen LogP contribution in [0.4, 0.5) is 0 Å². The third-order valence-electron chi connectivity index (χ3n) is 4.46. The summed E-state index contributed by atoms with van der Waals surface area (Å²) >= 11 is 0. The normalized spacial score (nSPS) is 29.6. The fourth-order valence-corrected chi connectivity index (χ4v) is 2.94. The van der Waals surface area contributed by atoms with Gasteiger partial charge in [0.25, 0.3) is 0 Å². The Morgan fingerprint density at radius 2 is 1.94 bits per heavy atom. The molecule has 1 aliphatic rings. The maximum atomic E-state index is 3.85. The van der Waals surface area contributed by atoms with E-state index in [1.165, 1.54) is 32.2 Å². The summed E-state index contributed by atoms with van der Waals surface area (Å²) in [6, 6.07) is 2.15. The molecule has 3 atom stereocenters. The molecule has 2 nitrogen and oxygen atoms in total. The molecule has 0 bridgehead atoms. The summed E-state index contributed by atoms with van der Waals surface area (Å²) in [5.41, 5.74) is 0. The lowest BCUT2D eigenvalue weighted by molar-refractivity contribution is 0.155. The maximum absolute atomic E-state index is 3.85. The summed E-state index contributed by atoms with van der Waals surface area (Å²) in [6.45, 7) is 10.6. The summed E-state index contributed by atoms with van der Waals surface area (Å²) < 4.78 is 0. The third-order valence-corrected chi connectivity index (χ3v) is 4.46. The molecule has 0 aromatic heterocycles. The van der Waals surface area contributed by atoms with E-state index >= 15 is 0 Å². The van der Waals surface area contributed by atoms with Crippen molar-refractivity contribution in [3.8, 4) is 0 Å². The van der Waals surface area contributed by atoms with Crippen LogP contribution in [0, 0.1) is 5.92 Å². The number of hydrogen-bond donors (Lipinski definition) is 1. The van der Waals surface area contributed by atoms with E-state index in [0.29, 0.717) is 6.04 Å². The number of likely N-dealkylation sites (tertiary alicyclic amines) is 1. The van der Waals surface area contributed by atoms with Crippen LogP contribution >= 0.6 is 0 Å². The molecule has 1 N–H and O–H groups in total. The molecule has 96 valence electrons. The molecule has 0 spiro atoms. The lowest BCUT2D eigenvalue weighted by Gasteiger charge is -2.38. The van der Waals surface area contributed by atoms with Crippen molar-refractivity contribution in [3.05, 3.63) is 0 Å². The predicted molar refractivity (Wildman–Crippen MR) is 71.8 cm³/mol. The topological polar surface area (TPSA) is 15.3 Å². The van der Waals surface area contributed by atoms with Gasteiger partial charge in [0, 0.05) is 18.1 Å². The van der Waals surface area contributed by atoms with Crippen LogP contribution in [0.1, 0.15) is 53.4 Å². The largest absolute Gasteiger partial charge is 0.311 e. The highest BCUT2D eigenvalue weighted by molar-refractivity contribution is 4.84. The average Bonchev–Trinajstić information content (AvgIpc) is 2.25. The highest BCUT2D eigenvalue weighted by Crippen LogP contribution is 2.19. The van der Waals surface area contributed by atoms with Crippen LogP contribution < -0.4 is 5.32 Å². The van der Waals surface area contributed by atoms with Gasteiger partial charge in [-0.25, -0.2) is 0 Å². The van der Waals surface area contributed by atoms with E-state index in [2.05, 4.69) is 45.0 Å². The Morgan fingerprint density at radius 1 is 1.31 bits per heavy atom. The van der Waals surface area contributed by atoms with Gasteiger partial charge in [0.1, 0.15) is 0 Å². The van der Waals surface area contributed by atoms with Gasteiger partial charge in [-0.3, -0.25) is 0 Å². The molecule has 1 rings (SSSR count). The second-order valence-corrected chi connectivity index (χ2v) is 5.58. The van der Waals surface area contributed by atoms with Crippen molar-refractivity contribution in [1.29, 1.82) is 0 Å². The van der Waals surface area contributed by atoms with Crippen LogP contribution in [0.25, 0.3) is 0 Å². The number of nitrogens with one attached hydrogen (secondary N) is 1. The smallest absolute Gasteiger partial charge is 0.00966 e.